The third kappa shape index (κ3) is 4.60. The number of nitrogens with one attached hydrogen (secondary N) is 2. The Labute approximate surface area is 108 Å². The zero-order valence-electron chi connectivity index (χ0n) is 8.80. The van der Waals surface area contributed by atoms with Gasteiger partial charge in [0.15, 0.2) is 0 Å². The van der Waals surface area contributed by atoms with Crippen LogP contribution in [0.2, 0.25) is 10.0 Å². The van der Waals surface area contributed by atoms with Gasteiger partial charge in [0, 0.05) is 5.02 Å². The molecule has 7 heteroatoms. The van der Waals surface area contributed by atoms with Crippen LogP contribution in [0.15, 0.2) is 18.2 Å². The largest absolute Gasteiger partial charge is 0.346 e. The summed E-state index contributed by atoms with van der Waals surface area (Å²) < 4.78 is 0. The molecule has 1 aromatic carbocycles. The molecule has 17 heavy (non-hydrogen) atoms. The Morgan fingerprint density at radius 1 is 1.24 bits per heavy atom. The van der Waals surface area contributed by atoms with E-state index in [0.29, 0.717) is 15.7 Å². The highest BCUT2D eigenvalue weighted by Gasteiger charge is 2.07. The van der Waals surface area contributed by atoms with Gasteiger partial charge in [-0.25, -0.2) is 0 Å². The van der Waals surface area contributed by atoms with E-state index in [1.165, 1.54) is 6.07 Å². The molecule has 0 aliphatic carbocycles. The quantitative estimate of drug-likeness (QED) is 0.767. The van der Waals surface area contributed by atoms with E-state index in [2.05, 4.69) is 10.6 Å². The number of amides is 2. The van der Waals surface area contributed by atoms with E-state index >= 15 is 0 Å². The summed E-state index contributed by atoms with van der Waals surface area (Å²) in [6, 6.07) is 4.69. The summed E-state index contributed by atoms with van der Waals surface area (Å²) in [6.07, 6.45) is 0. The van der Waals surface area contributed by atoms with Crippen molar-refractivity contribution in [3.05, 3.63) is 28.2 Å². The van der Waals surface area contributed by atoms with Crippen LogP contribution in [-0.4, -0.2) is 24.9 Å². The van der Waals surface area contributed by atoms with Crippen molar-refractivity contribution in [1.29, 1.82) is 0 Å². The lowest BCUT2D eigenvalue weighted by molar-refractivity contribution is -0.123. The lowest BCUT2D eigenvalue weighted by Gasteiger charge is -2.08. The first kappa shape index (κ1) is 13.8. The number of carbonyl (C=O) groups excluding carboxylic acids is 2. The molecular formula is C10H11Cl2N3O2. The van der Waals surface area contributed by atoms with E-state index in [4.69, 9.17) is 28.9 Å². The second-order valence-corrected chi connectivity index (χ2v) is 4.00. The van der Waals surface area contributed by atoms with Crippen molar-refractivity contribution >= 4 is 40.7 Å². The average molecular weight is 276 g/mol. The predicted molar refractivity (Wildman–Crippen MR) is 67.2 cm³/mol. The minimum atomic E-state index is -0.407. The predicted octanol–water partition coefficient (Wildman–Crippen LogP) is 1.01. The fraction of sp³-hybridized carbons (Fsp3) is 0.200. The molecule has 0 spiro atoms. The van der Waals surface area contributed by atoms with Crippen molar-refractivity contribution in [3.63, 3.8) is 0 Å². The Hall–Kier alpha value is -1.30. The van der Waals surface area contributed by atoms with Gasteiger partial charge in [0.1, 0.15) is 0 Å². The van der Waals surface area contributed by atoms with Gasteiger partial charge < -0.3 is 16.4 Å². The SMILES string of the molecule is NCC(=O)NCC(=O)Nc1cc(Cl)ccc1Cl. The van der Waals surface area contributed by atoms with Gasteiger partial charge in [-0.1, -0.05) is 23.2 Å². The molecule has 0 bridgehead atoms. The van der Waals surface area contributed by atoms with Crippen LogP contribution >= 0.6 is 23.2 Å². The molecule has 4 N–H and O–H groups in total. The molecule has 0 aromatic heterocycles. The van der Waals surface area contributed by atoms with E-state index in [0.717, 1.165) is 0 Å². The molecular weight excluding hydrogens is 265 g/mol. The Morgan fingerprint density at radius 3 is 2.59 bits per heavy atom. The van der Waals surface area contributed by atoms with Crippen LogP contribution in [0.3, 0.4) is 0 Å². The van der Waals surface area contributed by atoms with Crippen molar-refractivity contribution in [2.24, 2.45) is 5.73 Å². The van der Waals surface area contributed by atoms with Crippen LogP contribution in [-0.2, 0) is 9.59 Å². The highest BCUT2D eigenvalue weighted by atomic mass is 35.5. The molecule has 0 unspecified atom stereocenters. The maximum absolute atomic E-state index is 11.4. The normalized spacial score (nSPS) is 9.82. The number of rotatable bonds is 4. The van der Waals surface area contributed by atoms with Crippen LogP contribution in [0.4, 0.5) is 5.69 Å². The Bertz CT molecular complexity index is 438. The minimum Gasteiger partial charge on any atom is -0.346 e. The highest BCUT2D eigenvalue weighted by molar-refractivity contribution is 6.35. The van der Waals surface area contributed by atoms with Gasteiger partial charge in [0.2, 0.25) is 11.8 Å². The third-order valence-corrected chi connectivity index (χ3v) is 2.40. The number of benzene rings is 1. The van der Waals surface area contributed by atoms with Crippen LogP contribution in [0.5, 0.6) is 0 Å². The number of hydrogen-bond donors (Lipinski definition) is 3. The number of halogens is 2. The summed E-state index contributed by atoms with van der Waals surface area (Å²) >= 11 is 11.6. The van der Waals surface area contributed by atoms with E-state index in [1.807, 2.05) is 0 Å². The third-order valence-electron chi connectivity index (χ3n) is 1.83. The average Bonchev–Trinajstić information content (AvgIpc) is 2.30. The van der Waals surface area contributed by atoms with Gasteiger partial charge >= 0.3 is 0 Å². The Kier molecular flexibility index (Phi) is 5.21. The fourth-order valence-corrected chi connectivity index (χ4v) is 1.38. The van der Waals surface area contributed by atoms with Crippen molar-refractivity contribution < 1.29 is 9.59 Å². The number of nitrogens with two attached hydrogens (primary N) is 1. The Balaban J connectivity index is 2.56. The van der Waals surface area contributed by atoms with Crippen molar-refractivity contribution in [3.8, 4) is 0 Å². The summed E-state index contributed by atoms with van der Waals surface area (Å²) in [5.74, 6) is -0.812. The first-order chi connectivity index (χ1) is 8.02. The standard InChI is InChI=1S/C10H11Cl2N3O2/c11-6-1-2-7(12)8(3-6)15-10(17)5-14-9(16)4-13/h1-3H,4-5,13H2,(H,14,16)(H,15,17). The first-order valence-corrected chi connectivity index (χ1v) is 5.50. The van der Waals surface area contributed by atoms with E-state index in [1.54, 1.807) is 12.1 Å². The number of hydrogen-bond acceptors (Lipinski definition) is 3. The maximum Gasteiger partial charge on any atom is 0.243 e. The number of carbonyl (C=O) groups is 2. The fourth-order valence-electron chi connectivity index (χ4n) is 1.04. The molecule has 0 heterocycles. The minimum absolute atomic E-state index is 0.162. The summed E-state index contributed by atoms with van der Waals surface area (Å²) in [6.45, 7) is -0.329. The summed E-state index contributed by atoms with van der Waals surface area (Å²) in [7, 11) is 0. The van der Waals surface area contributed by atoms with Crippen molar-refractivity contribution in [2.45, 2.75) is 0 Å². The summed E-state index contributed by atoms with van der Waals surface area (Å²) in [5, 5.41) is 5.68. The second-order valence-electron chi connectivity index (χ2n) is 3.15. The van der Waals surface area contributed by atoms with Gasteiger partial charge in [-0.15, -0.1) is 0 Å². The number of anilines is 1. The van der Waals surface area contributed by atoms with E-state index < -0.39 is 11.8 Å². The zero-order chi connectivity index (χ0) is 12.8. The molecule has 5 nitrogen and oxygen atoms in total. The zero-order valence-corrected chi connectivity index (χ0v) is 10.3. The molecule has 0 radical (unpaired) electrons. The van der Waals surface area contributed by atoms with Crippen molar-refractivity contribution in [2.75, 3.05) is 18.4 Å². The summed E-state index contributed by atoms with van der Waals surface area (Å²) in [4.78, 5) is 22.3. The molecule has 0 saturated heterocycles. The maximum atomic E-state index is 11.4. The molecule has 0 aliphatic rings. The van der Waals surface area contributed by atoms with Crippen molar-refractivity contribution in [1.82, 2.24) is 5.32 Å². The molecule has 1 aromatic rings. The monoisotopic (exact) mass is 275 g/mol. The van der Waals surface area contributed by atoms with Crippen LogP contribution in [0.1, 0.15) is 0 Å². The Morgan fingerprint density at radius 2 is 1.94 bits per heavy atom. The van der Waals surface area contributed by atoms with Gasteiger partial charge in [0.05, 0.1) is 23.8 Å². The van der Waals surface area contributed by atoms with Crippen LogP contribution in [0.25, 0.3) is 0 Å². The molecule has 0 fully saturated rings. The van der Waals surface area contributed by atoms with Gasteiger partial charge in [-0.3, -0.25) is 9.59 Å². The molecule has 92 valence electrons. The lowest BCUT2D eigenvalue weighted by atomic mass is 10.3. The van der Waals surface area contributed by atoms with E-state index in [9.17, 15) is 9.59 Å². The molecule has 0 saturated carbocycles. The molecule has 0 atom stereocenters. The van der Waals surface area contributed by atoms with Crippen LogP contribution in [0, 0.1) is 0 Å². The summed E-state index contributed by atoms with van der Waals surface area (Å²) in [5.41, 5.74) is 5.47. The van der Waals surface area contributed by atoms with Gasteiger partial charge in [-0.2, -0.15) is 0 Å². The topological polar surface area (TPSA) is 84.2 Å². The smallest absolute Gasteiger partial charge is 0.243 e. The lowest BCUT2D eigenvalue weighted by Crippen LogP contribution is -2.36. The van der Waals surface area contributed by atoms with Gasteiger partial charge in [0.25, 0.3) is 0 Å². The molecule has 0 aliphatic heterocycles. The van der Waals surface area contributed by atoms with Crippen LogP contribution < -0.4 is 16.4 Å². The second kappa shape index (κ2) is 6.44. The molecule has 2 amide bonds. The highest BCUT2D eigenvalue weighted by Crippen LogP contribution is 2.25. The van der Waals surface area contributed by atoms with E-state index in [-0.39, 0.29) is 13.1 Å². The molecule has 1 rings (SSSR count). The first-order valence-electron chi connectivity index (χ1n) is 4.74. The van der Waals surface area contributed by atoms with Gasteiger partial charge in [-0.05, 0) is 18.2 Å².